The van der Waals surface area contributed by atoms with Gasteiger partial charge >= 0.3 is 0 Å². The molecule has 0 radical (unpaired) electrons. The predicted molar refractivity (Wildman–Crippen MR) is 315 cm³/mol. The first-order chi connectivity index (χ1) is 40.0. The van der Waals surface area contributed by atoms with Crippen LogP contribution in [-0.4, -0.2) is 32.7 Å². The van der Waals surface area contributed by atoms with E-state index < -0.39 is 69.6 Å². The topological polar surface area (TPSA) is 135 Å². The van der Waals surface area contributed by atoms with Gasteiger partial charge in [0.1, 0.15) is 63.4 Å². The maximum Gasteiger partial charge on any atom is 0.284 e. The minimum Gasteiger partial charge on any atom is -0.462 e. The molecular formula is C63H45BrF6N6O4S3. The third kappa shape index (κ3) is 11.2. The van der Waals surface area contributed by atoms with Crippen molar-refractivity contribution in [3.8, 4) is 31.3 Å². The number of nitrogens with one attached hydrogen (secondary N) is 3. The standard InChI is InChI=1S/C63H45BrF6N6O4S3/c1-3-51(80-30(2)36-26-37-27-38(64)20-21-39(37)55-50(29-36)73-63(83-55)76-58(77)52-42(65)9-5-10-43(52)66)35-19-18-34-23-32(25-49-57(41(34)28-35)82-62(72-49)60(79)75-54-46(69)13-7-14-47(54)70)22-31-16-17-33-8-4-15-48-56(40(33)24-31)81-61(71-48)59(78)74-53-44(67)11-6-12-45(53)68/h3,5-7,9-14,16-21,24,27-28,32,36H,2,4,8,15,22-23,25-26,29H2,1H3,(H,74,78)(H,75,79)(H,73,76,77)/b51-3-. The highest BCUT2D eigenvalue weighted by atomic mass is 79.9. The molecule has 2 unspecified atom stereocenters. The number of aryl methyl sites for hydroxylation is 2. The average Bonchev–Trinajstić information content (AvgIpc) is 4.13. The summed E-state index contributed by atoms with van der Waals surface area (Å²) < 4.78 is 95.7. The van der Waals surface area contributed by atoms with Crippen LogP contribution in [0.25, 0.3) is 37.1 Å². The van der Waals surface area contributed by atoms with Crippen LogP contribution in [0.1, 0.15) is 88.2 Å². The zero-order valence-electron chi connectivity index (χ0n) is 43.8. The molecule has 418 valence electrons. The quantitative estimate of drug-likeness (QED) is 0.0819. The molecule has 0 saturated heterocycles. The zero-order chi connectivity index (χ0) is 57.8. The largest absolute Gasteiger partial charge is 0.462 e. The van der Waals surface area contributed by atoms with Crippen molar-refractivity contribution in [2.75, 3.05) is 16.0 Å². The normalized spacial score (nSPS) is 15.2. The number of rotatable bonds is 12. The molecule has 0 bridgehead atoms. The number of carbonyl (C=O) groups excluding carboxylic acids is 3. The van der Waals surface area contributed by atoms with Crippen molar-refractivity contribution in [2.24, 2.45) is 11.8 Å². The molecule has 83 heavy (non-hydrogen) atoms. The molecular weight excluding hydrogens is 1190 g/mol. The van der Waals surface area contributed by atoms with Crippen LogP contribution in [0, 0.1) is 46.7 Å². The van der Waals surface area contributed by atoms with E-state index in [2.05, 4.69) is 61.6 Å². The molecule has 0 saturated carbocycles. The minimum atomic E-state index is -0.996. The van der Waals surface area contributed by atoms with Gasteiger partial charge in [-0.2, -0.15) is 0 Å². The van der Waals surface area contributed by atoms with Gasteiger partial charge in [0.15, 0.2) is 15.1 Å². The molecule has 9 aromatic rings. The van der Waals surface area contributed by atoms with E-state index in [4.69, 9.17) is 14.7 Å². The number of amides is 3. The summed E-state index contributed by atoms with van der Waals surface area (Å²) in [5, 5.41) is 7.63. The van der Waals surface area contributed by atoms with E-state index in [1.165, 1.54) is 40.9 Å². The lowest BCUT2D eigenvalue weighted by Crippen LogP contribution is -2.16. The second-order valence-corrected chi connectivity index (χ2v) is 24.3. The Morgan fingerprint density at radius 1 is 0.602 bits per heavy atom. The average molecular weight is 1240 g/mol. The molecule has 0 spiro atoms. The number of benzene rings is 6. The first-order valence-corrected chi connectivity index (χ1v) is 29.6. The van der Waals surface area contributed by atoms with Gasteiger partial charge in [0.2, 0.25) is 0 Å². The number of fused-ring (bicyclic) bond motifs is 9. The molecule has 20 heteroatoms. The molecule has 3 aliphatic rings. The molecule has 10 nitrogen and oxygen atoms in total. The highest BCUT2D eigenvalue weighted by molar-refractivity contribution is 9.10. The van der Waals surface area contributed by atoms with Crippen molar-refractivity contribution >= 4 is 89.9 Å². The number of hydrogen-bond acceptors (Lipinski definition) is 10. The molecule has 0 aliphatic heterocycles. The van der Waals surface area contributed by atoms with E-state index in [-0.39, 0.29) is 27.0 Å². The van der Waals surface area contributed by atoms with Crippen LogP contribution in [0.2, 0.25) is 0 Å². The number of para-hydroxylation sites is 2. The summed E-state index contributed by atoms with van der Waals surface area (Å²) in [6.07, 6.45) is 6.47. The third-order valence-electron chi connectivity index (χ3n) is 14.9. The Bertz CT molecular complexity index is 4140. The van der Waals surface area contributed by atoms with E-state index in [1.807, 2.05) is 49.4 Å². The predicted octanol–water partition coefficient (Wildman–Crippen LogP) is 16.2. The Labute approximate surface area is 492 Å². The number of thiazole rings is 3. The Morgan fingerprint density at radius 2 is 1.19 bits per heavy atom. The Kier molecular flexibility index (Phi) is 15.3. The molecule has 12 rings (SSSR count). The van der Waals surface area contributed by atoms with Gasteiger partial charge in [-0.15, -0.1) is 22.7 Å². The van der Waals surface area contributed by atoms with Gasteiger partial charge in [0, 0.05) is 22.4 Å². The Hall–Kier alpha value is -8.04. The van der Waals surface area contributed by atoms with Gasteiger partial charge in [-0.3, -0.25) is 19.7 Å². The number of carbonyl (C=O) groups is 3. The lowest BCUT2D eigenvalue weighted by atomic mass is 9.88. The van der Waals surface area contributed by atoms with Crippen molar-refractivity contribution in [1.82, 2.24) is 15.0 Å². The molecule has 3 N–H and O–H groups in total. The highest BCUT2D eigenvalue weighted by Gasteiger charge is 2.32. The third-order valence-corrected chi connectivity index (χ3v) is 18.7. The first-order valence-electron chi connectivity index (χ1n) is 26.4. The lowest BCUT2D eigenvalue weighted by molar-refractivity contribution is 0.101. The van der Waals surface area contributed by atoms with Crippen LogP contribution in [0.4, 0.5) is 42.8 Å². The molecule has 3 aromatic heterocycles. The van der Waals surface area contributed by atoms with Crippen molar-refractivity contribution in [2.45, 2.75) is 58.3 Å². The summed E-state index contributed by atoms with van der Waals surface area (Å²) in [6.45, 7) is 6.29. The van der Waals surface area contributed by atoms with Crippen molar-refractivity contribution in [3.05, 3.63) is 227 Å². The van der Waals surface area contributed by atoms with Crippen molar-refractivity contribution < 1.29 is 45.5 Å². The molecule has 3 heterocycles. The van der Waals surface area contributed by atoms with E-state index in [0.717, 1.165) is 119 Å². The fraction of sp³-hybridized carbons (Fsp3) is 0.175. The second-order valence-electron chi connectivity index (χ2n) is 20.4. The molecule has 2 atom stereocenters. The summed E-state index contributed by atoms with van der Waals surface area (Å²) in [4.78, 5) is 57.1. The molecule has 0 fully saturated rings. The van der Waals surface area contributed by atoms with Crippen LogP contribution in [-0.2, 0) is 49.7 Å². The zero-order valence-corrected chi connectivity index (χ0v) is 47.9. The minimum absolute atomic E-state index is 0.00897. The van der Waals surface area contributed by atoms with Crippen molar-refractivity contribution in [1.29, 1.82) is 0 Å². The Balaban J connectivity index is 0.837. The maximum absolute atomic E-state index is 14.9. The van der Waals surface area contributed by atoms with Crippen molar-refractivity contribution in [3.63, 3.8) is 0 Å². The van der Waals surface area contributed by atoms with E-state index in [0.29, 0.717) is 71.9 Å². The van der Waals surface area contributed by atoms with Gasteiger partial charge in [-0.25, -0.2) is 41.3 Å². The number of nitrogens with zero attached hydrogens (tertiary/aromatic N) is 3. The highest BCUT2D eigenvalue weighted by Crippen LogP contribution is 2.46. The summed E-state index contributed by atoms with van der Waals surface area (Å²) >= 11 is 7.12. The molecule has 3 aliphatic carbocycles. The SMILES string of the molecule is C=C(O/C(=C\C)c1ccc2c(c1)-c1sc(C(=O)Nc3c(F)cccc3F)nc1CC(Cc1ccc3c(c1)-c1sc(C(=O)Nc4c(F)cccc4F)nc1CCC3)C2)C1Cc2cc(Br)ccc2-c2sc(NC(=O)c3c(F)cccc3F)nc2C1. The second kappa shape index (κ2) is 23.0. The van der Waals surface area contributed by atoms with Crippen LogP contribution in [0.15, 0.2) is 132 Å². The summed E-state index contributed by atoms with van der Waals surface area (Å²) in [7, 11) is 0. The fourth-order valence-electron chi connectivity index (χ4n) is 11.0. The number of halogens is 7. The number of anilines is 3. The monoisotopic (exact) mass is 1240 g/mol. The summed E-state index contributed by atoms with van der Waals surface area (Å²) in [5.74, 6) is -7.59. The van der Waals surface area contributed by atoms with Crippen LogP contribution in [0.3, 0.4) is 0 Å². The molecule has 6 aromatic carbocycles. The van der Waals surface area contributed by atoms with Gasteiger partial charge in [0.25, 0.3) is 17.7 Å². The number of ether oxygens (including phenoxy) is 1. The van der Waals surface area contributed by atoms with Gasteiger partial charge in [0.05, 0.1) is 31.7 Å². The molecule has 3 amide bonds. The fourth-order valence-corrected chi connectivity index (χ4v) is 14.5. The number of aromatic nitrogens is 3. The van der Waals surface area contributed by atoms with Crippen LogP contribution >= 0.6 is 49.9 Å². The van der Waals surface area contributed by atoms with Gasteiger partial charge in [-0.1, -0.05) is 82.4 Å². The van der Waals surface area contributed by atoms with E-state index in [9.17, 15) is 40.7 Å². The summed E-state index contributed by atoms with van der Waals surface area (Å²) in [5.41, 5.74) is 7.46. The van der Waals surface area contributed by atoms with Gasteiger partial charge < -0.3 is 15.4 Å². The Morgan fingerprint density at radius 3 is 1.86 bits per heavy atom. The number of hydrogen-bond donors (Lipinski definition) is 3. The first kappa shape index (κ1) is 55.5. The summed E-state index contributed by atoms with van der Waals surface area (Å²) in [6, 6.07) is 28.0. The van der Waals surface area contributed by atoms with Crippen LogP contribution < -0.4 is 16.0 Å². The lowest BCUT2D eigenvalue weighted by Gasteiger charge is -2.21. The van der Waals surface area contributed by atoms with E-state index >= 15 is 0 Å². The number of allylic oxidation sites excluding steroid dienone is 2. The smallest absolute Gasteiger partial charge is 0.284 e. The maximum atomic E-state index is 14.9. The van der Waals surface area contributed by atoms with E-state index in [1.54, 1.807) is 0 Å². The van der Waals surface area contributed by atoms with Crippen LogP contribution in [0.5, 0.6) is 0 Å². The van der Waals surface area contributed by atoms with Gasteiger partial charge in [-0.05, 0) is 163 Å².